The maximum absolute atomic E-state index is 13.4. The molecular weight excluding hydrogens is 410 g/mol. The third-order valence-electron chi connectivity index (χ3n) is 5.66. The van der Waals surface area contributed by atoms with Gasteiger partial charge in [0.2, 0.25) is 0 Å². The second kappa shape index (κ2) is 7.60. The Morgan fingerprint density at radius 3 is 2.35 bits per heavy atom. The number of hydrogen-bond acceptors (Lipinski definition) is 3. The number of fused-ring (bicyclic) bond motifs is 1. The third kappa shape index (κ3) is 3.47. The molecule has 1 aliphatic heterocycles. The van der Waals surface area contributed by atoms with Gasteiger partial charge in [0.05, 0.1) is 11.7 Å². The van der Waals surface area contributed by atoms with Crippen LogP contribution in [0, 0.1) is 6.92 Å². The predicted octanol–water partition coefficient (Wildman–Crippen LogP) is 5.49. The van der Waals surface area contributed by atoms with Gasteiger partial charge in [-0.25, -0.2) is 0 Å². The molecule has 0 spiro atoms. The molecule has 0 saturated heterocycles. The topological polar surface area (TPSA) is 69.2 Å². The molecular formula is C25H20ClN3O2. The van der Waals surface area contributed by atoms with Crippen molar-refractivity contribution in [3.63, 3.8) is 0 Å². The highest BCUT2D eigenvalue weighted by atomic mass is 35.5. The van der Waals surface area contributed by atoms with Crippen molar-refractivity contribution < 1.29 is 9.90 Å². The van der Waals surface area contributed by atoms with Gasteiger partial charge in [0.25, 0.3) is 5.91 Å². The number of aryl methyl sites for hydroxylation is 1. The average Bonchev–Trinajstić information content (AvgIpc) is 3.31. The Bertz CT molecular complexity index is 1250. The number of aromatic nitrogens is 2. The lowest BCUT2D eigenvalue weighted by molar-refractivity contribution is 0.0730. The van der Waals surface area contributed by atoms with Crippen molar-refractivity contribution in [2.24, 2.45) is 0 Å². The number of nitrogens with zero attached hydrogens (tertiary/aromatic N) is 2. The van der Waals surface area contributed by atoms with E-state index < -0.39 is 0 Å². The normalized spacial score (nSPS) is 15.4. The Morgan fingerprint density at radius 2 is 1.68 bits per heavy atom. The van der Waals surface area contributed by atoms with Crippen molar-refractivity contribution in [3.05, 3.63) is 106 Å². The van der Waals surface area contributed by atoms with Gasteiger partial charge in [-0.05, 0) is 42.3 Å². The number of nitrogens with one attached hydrogen (secondary N) is 1. The van der Waals surface area contributed by atoms with Crippen LogP contribution in [0.4, 0.5) is 0 Å². The zero-order chi connectivity index (χ0) is 21.5. The molecule has 3 aromatic carbocycles. The minimum Gasteiger partial charge on any atom is -0.508 e. The van der Waals surface area contributed by atoms with Crippen molar-refractivity contribution in [2.45, 2.75) is 19.5 Å². The summed E-state index contributed by atoms with van der Waals surface area (Å²) in [6.07, 6.45) is 0. The largest absolute Gasteiger partial charge is 0.508 e. The Hall–Kier alpha value is -3.57. The quantitative estimate of drug-likeness (QED) is 0.450. The zero-order valence-corrected chi connectivity index (χ0v) is 17.6. The Kier molecular flexibility index (Phi) is 4.75. The second-order valence-corrected chi connectivity index (χ2v) is 8.22. The number of benzene rings is 3. The lowest BCUT2D eigenvalue weighted by Gasteiger charge is -2.26. The van der Waals surface area contributed by atoms with Crippen molar-refractivity contribution in [1.29, 1.82) is 0 Å². The first kappa shape index (κ1) is 19.4. The van der Waals surface area contributed by atoms with E-state index >= 15 is 0 Å². The number of halogens is 1. The van der Waals surface area contributed by atoms with E-state index in [0.717, 1.165) is 27.9 Å². The molecule has 2 N–H and O–H groups in total. The number of aromatic amines is 1. The van der Waals surface area contributed by atoms with Crippen LogP contribution < -0.4 is 0 Å². The molecule has 0 aliphatic carbocycles. The molecule has 0 bridgehead atoms. The van der Waals surface area contributed by atoms with E-state index in [1.165, 1.54) is 5.56 Å². The zero-order valence-electron chi connectivity index (χ0n) is 16.8. The van der Waals surface area contributed by atoms with Crippen molar-refractivity contribution >= 4 is 17.5 Å². The number of carbonyl (C=O) groups is 1. The number of rotatable bonds is 4. The SMILES string of the molecule is Cc1ccc(CN2C(=O)c3[nH]nc(-c4ccc(Cl)cc4)c3C2c2ccc(O)cc2)cc1. The van der Waals surface area contributed by atoms with Crippen molar-refractivity contribution in [1.82, 2.24) is 15.1 Å². The van der Waals surface area contributed by atoms with E-state index in [1.807, 2.05) is 72.5 Å². The fourth-order valence-corrected chi connectivity index (χ4v) is 4.21. The highest BCUT2D eigenvalue weighted by molar-refractivity contribution is 6.30. The first-order valence-corrected chi connectivity index (χ1v) is 10.4. The molecule has 0 saturated carbocycles. The van der Waals surface area contributed by atoms with Gasteiger partial charge in [0.1, 0.15) is 11.4 Å². The average molecular weight is 430 g/mol. The first-order chi connectivity index (χ1) is 15.0. The van der Waals surface area contributed by atoms with Crippen LogP contribution in [-0.2, 0) is 6.54 Å². The summed E-state index contributed by atoms with van der Waals surface area (Å²) in [7, 11) is 0. The number of H-pyrrole nitrogens is 1. The summed E-state index contributed by atoms with van der Waals surface area (Å²) in [6.45, 7) is 2.51. The van der Waals surface area contributed by atoms with Gasteiger partial charge in [0.15, 0.2) is 0 Å². The monoisotopic (exact) mass is 429 g/mol. The molecule has 2 heterocycles. The summed E-state index contributed by atoms with van der Waals surface area (Å²) >= 11 is 6.06. The number of amides is 1. The van der Waals surface area contributed by atoms with Gasteiger partial charge in [0, 0.05) is 22.7 Å². The summed E-state index contributed by atoms with van der Waals surface area (Å²) in [6, 6.07) is 22.3. The molecule has 154 valence electrons. The summed E-state index contributed by atoms with van der Waals surface area (Å²) in [5.74, 6) is 0.0878. The van der Waals surface area contributed by atoms with Gasteiger partial charge in [-0.1, -0.05) is 65.7 Å². The van der Waals surface area contributed by atoms with E-state index in [0.29, 0.717) is 17.3 Å². The number of aromatic hydroxyl groups is 1. The van der Waals surface area contributed by atoms with Gasteiger partial charge in [-0.3, -0.25) is 9.89 Å². The maximum atomic E-state index is 13.4. The van der Waals surface area contributed by atoms with Crippen LogP contribution in [0.3, 0.4) is 0 Å². The first-order valence-electron chi connectivity index (χ1n) is 10.0. The molecule has 1 unspecified atom stereocenters. The molecule has 1 amide bonds. The Morgan fingerprint density at radius 1 is 1.00 bits per heavy atom. The fraction of sp³-hybridized carbons (Fsp3) is 0.120. The predicted molar refractivity (Wildman–Crippen MR) is 120 cm³/mol. The van der Waals surface area contributed by atoms with Crippen LogP contribution in [0.15, 0.2) is 72.8 Å². The molecule has 1 aliphatic rings. The van der Waals surface area contributed by atoms with Gasteiger partial charge in [-0.15, -0.1) is 0 Å². The lowest BCUT2D eigenvalue weighted by atomic mass is 9.96. The van der Waals surface area contributed by atoms with Gasteiger partial charge < -0.3 is 10.0 Å². The number of hydrogen-bond donors (Lipinski definition) is 2. The Labute approximate surface area is 184 Å². The summed E-state index contributed by atoms with van der Waals surface area (Å²) in [5.41, 5.74) is 6.08. The maximum Gasteiger partial charge on any atom is 0.273 e. The van der Waals surface area contributed by atoms with Crippen LogP contribution in [0.1, 0.15) is 38.8 Å². The van der Waals surface area contributed by atoms with E-state index in [-0.39, 0.29) is 17.7 Å². The van der Waals surface area contributed by atoms with E-state index in [1.54, 1.807) is 12.1 Å². The third-order valence-corrected chi connectivity index (χ3v) is 5.92. The second-order valence-electron chi connectivity index (χ2n) is 7.78. The van der Waals surface area contributed by atoms with Crippen molar-refractivity contribution in [3.8, 4) is 17.0 Å². The van der Waals surface area contributed by atoms with E-state index in [4.69, 9.17) is 11.6 Å². The van der Waals surface area contributed by atoms with Crippen LogP contribution >= 0.6 is 11.6 Å². The lowest BCUT2D eigenvalue weighted by Crippen LogP contribution is -2.29. The standard InChI is InChI=1S/C25H20ClN3O2/c1-15-2-4-16(5-3-15)14-29-24(18-8-12-20(30)13-9-18)21-22(27-28-23(21)25(29)31)17-6-10-19(26)11-7-17/h2-13,24,30H,14H2,1H3,(H,27,28). The number of carbonyl (C=O) groups excluding carboxylic acids is 1. The number of phenolic OH excluding ortho intramolecular Hbond substituents is 1. The minimum atomic E-state index is -0.325. The smallest absolute Gasteiger partial charge is 0.273 e. The van der Waals surface area contributed by atoms with E-state index in [9.17, 15) is 9.90 Å². The molecule has 0 fully saturated rings. The summed E-state index contributed by atoms with van der Waals surface area (Å²) in [4.78, 5) is 15.2. The molecule has 6 heteroatoms. The molecule has 1 aromatic heterocycles. The van der Waals surface area contributed by atoms with Crippen LogP contribution in [0.2, 0.25) is 5.02 Å². The summed E-state index contributed by atoms with van der Waals surface area (Å²) in [5, 5.41) is 17.9. The highest BCUT2D eigenvalue weighted by Crippen LogP contribution is 2.43. The summed E-state index contributed by atoms with van der Waals surface area (Å²) < 4.78 is 0. The van der Waals surface area contributed by atoms with Gasteiger partial charge >= 0.3 is 0 Å². The van der Waals surface area contributed by atoms with Crippen molar-refractivity contribution in [2.75, 3.05) is 0 Å². The fourth-order valence-electron chi connectivity index (χ4n) is 4.08. The molecule has 1 atom stereocenters. The van der Waals surface area contributed by atoms with E-state index in [2.05, 4.69) is 10.2 Å². The van der Waals surface area contributed by atoms with Crippen LogP contribution in [0.25, 0.3) is 11.3 Å². The molecule has 5 nitrogen and oxygen atoms in total. The number of phenols is 1. The van der Waals surface area contributed by atoms with Crippen LogP contribution in [-0.4, -0.2) is 26.1 Å². The highest BCUT2D eigenvalue weighted by Gasteiger charge is 2.42. The molecule has 0 radical (unpaired) electrons. The minimum absolute atomic E-state index is 0.0960. The molecule has 5 rings (SSSR count). The molecule has 4 aromatic rings. The molecule has 31 heavy (non-hydrogen) atoms. The van der Waals surface area contributed by atoms with Gasteiger partial charge in [-0.2, -0.15) is 5.10 Å². The van der Waals surface area contributed by atoms with Crippen LogP contribution in [0.5, 0.6) is 5.75 Å². The Balaban J connectivity index is 1.63.